The predicted molar refractivity (Wildman–Crippen MR) is 75.0 cm³/mol. The Hall–Kier alpha value is -0.890. The van der Waals surface area contributed by atoms with Gasteiger partial charge in [-0.05, 0) is 26.8 Å². The van der Waals surface area contributed by atoms with Crippen LogP contribution in [0, 0.1) is 6.92 Å². The number of piperidine rings is 1. The molecule has 7 heteroatoms. The maximum absolute atomic E-state index is 12.7. The number of nitrogens with zero attached hydrogens (tertiary/aromatic N) is 1. The van der Waals surface area contributed by atoms with Crippen LogP contribution in [0.4, 0.5) is 0 Å². The molecule has 20 heavy (non-hydrogen) atoms. The van der Waals surface area contributed by atoms with Crippen molar-refractivity contribution in [3.05, 3.63) is 17.6 Å². The molecule has 2 heterocycles. The van der Waals surface area contributed by atoms with E-state index in [4.69, 9.17) is 9.15 Å². The fraction of sp³-hybridized carbons (Fsp3) is 0.692. The average Bonchev–Trinajstić information content (AvgIpc) is 2.81. The van der Waals surface area contributed by atoms with Gasteiger partial charge in [0.15, 0.2) is 0 Å². The number of aryl methyl sites for hydroxylation is 1. The summed E-state index contributed by atoms with van der Waals surface area (Å²) in [5, 5.41) is 2.95. The molecule has 1 aliphatic heterocycles. The van der Waals surface area contributed by atoms with Gasteiger partial charge in [0.05, 0.1) is 12.6 Å². The van der Waals surface area contributed by atoms with E-state index in [2.05, 4.69) is 5.32 Å². The minimum absolute atomic E-state index is 0.0255. The number of hydrogen-bond donors (Lipinski definition) is 1. The lowest BCUT2D eigenvalue weighted by Gasteiger charge is -2.30. The Morgan fingerprint density at radius 2 is 2.30 bits per heavy atom. The molecule has 114 valence electrons. The van der Waals surface area contributed by atoms with Crippen molar-refractivity contribution in [3.63, 3.8) is 0 Å². The summed E-state index contributed by atoms with van der Waals surface area (Å²) in [7, 11) is -0.0899. The summed E-state index contributed by atoms with van der Waals surface area (Å²) in [5.74, 6) is 1.07. The molecule has 6 nitrogen and oxygen atoms in total. The van der Waals surface area contributed by atoms with Crippen LogP contribution >= 0.6 is 0 Å². The SMILES string of the molecule is CNCc1cc(S(=O)(=O)N2CCCC(OC)C2)c(C)o1. The normalized spacial score (nSPS) is 21.2. The molecular formula is C13H22N2O4S. The van der Waals surface area contributed by atoms with Crippen molar-refractivity contribution in [2.24, 2.45) is 0 Å². The number of sulfonamides is 1. The summed E-state index contributed by atoms with van der Waals surface area (Å²) in [4.78, 5) is 0.263. The lowest BCUT2D eigenvalue weighted by Crippen LogP contribution is -2.42. The van der Waals surface area contributed by atoms with E-state index in [1.807, 2.05) is 0 Å². The molecule has 0 radical (unpaired) electrons. The molecule has 1 atom stereocenters. The van der Waals surface area contributed by atoms with Crippen molar-refractivity contribution in [2.75, 3.05) is 27.2 Å². The number of furan rings is 1. The maximum atomic E-state index is 12.7. The number of methoxy groups -OCH3 is 1. The van der Waals surface area contributed by atoms with Crippen molar-refractivity contribution >= 4 is 10.0 Å². The third-order valence-electron chi connectivity index (χ3n) is 3.57. The molecular weight excluding hydrogens is 280 g/mol. The average molecular weight is 302 g/mol. The number of rotatable bonds is 5. The highest BCUT2D eigenvalue weighted by Gasteiger charge is 2.32. The van der Waals surface area contributed by atoms with Gasteiger partial charge in [0.25, 0.3) is 0 Å². The van der Waals surface area contributed by atoms with Crippen LogP contribution in [0.2, 0.25) is 0 Å². The van der Waals surface area contributed by atoms with Crippen molar-refractivity contribution in [1.29, 1.82) is 0 Å². The molecule has 1 aromatic heterocycles. The van der Waals surface area contributed by atoms with Crippen LogP contribution in [0.1, 0.15) is 24.4 Å². The summed E-state index contributed by atoms with van der Waals surface area (Å²) < 4.78 is 37.6. The Morgan fingerprint density at radius 3 is 2.95 bits per heavy atom. The molecule has 1 unspecified atom stereocenters. The van der Waals surface area contributed by atoms with Gasteiger partial charge in [0.1, 0.15) is 16.4 Å². The van der Waals surface area contributed by atoms with Gasteiger partial charge >= 0.3 is 0 Å². The lowest BCUT2D eigenvalue weighted by molar-refractivity contribution is 0.0571. The van der Waals surface area contributed by atoms with Gasteiger partial charge in [-0.1, -0.05) is 0 Å². The van der Waals surface area contributed by atoms with E-state index < -0.39 is 10.0 Å². The molecule has 0 amide bonds. The third-order valence-corrected chi connectivity index (χ3v) is 5.54. The predicted octanol–water partition coefficient (Wildman–Crippen LogP) is 1.11. The van der Waals surface area contributed by atoms with E-state index in [0.29, 0.717) is 31.2 Å². The van der Waals surface area contributed by atoms with Crippen molar-refractivity contribution in [1.82, 2.24) is 9.62 Å². The van der Waals surface area contributed by atoms with Crippen LogP contribution in [0.3, 0.4) is 0 Å². The lowest BCUT2D eigenvalue weighted by atomic mass is 10.1. The highest BCUT2D eigenvalue weighted by atomic mass is 32.2. The third kappa shape index (κ3) is 3.06. The second-order valence-corrected chi connectivity index (χ2v) is 6.93. The minimum Gasteiger partial charge on any atom is -0.464 e. The molecule has 2 rings (SSSR count). The molecule has 0 spiro atoms. The molecule has 1 fully saturated rings. The van der Waals surface area contributed by atoms with Gasteiger partial charge in [0, 0.05) is 26.3 Å². The molecule has 0 saturated carbocycles. The van der Waals surface area contributed by atoms with Crippen LogP contribution in [0.15, 0.2) is 15.4 Å². The molecule has 1 aliphatic rings. The topological polar surface area (TPSA) is 71.8 Å². The smallest absolute Gasteiger partial charge is 0.246 e. The van der Waals surface area contributed by atoms with Gasteiger partial charge in [-0.25, -0.2) is 8.42 Å². The van der Waals surface area contributed by atoms with Gasteiger partial charge in [0.2, 0.25) is 10.0 Å². The Labute approximate surface area is 120 Å². The standard InChI is InChI=1S/C13H22N2O4S/c1-10-13(7-12(19-10)8-14-2)20(16,17)15-6-4-5-11(9-15)18-3/h7,11,14H,4-6,8-9H2,1-3H3. The summed E-state index contributed by atoms with van der Waals surface area (Å²) in [6.07, 6.45) is 1.69. The fourth-order valence-electron chi connectivity index (χ4n) is 2.50. The van der Waals surface area contributed by atoms with Gasteiger partial charge < -0.3 is 14.5 Å². The quantitative estimate of drug-likeness (QED) is 0.882. The zero-order chi connectivity index (χ0) is 14.8. The molecule has 0 aromatic carbocycles. The van der Waals surface area contributed by atoms with E-state index in [-0.39, 0.29) is 11.0 Å². The molecule has 0 aliphatic carbocycles. The Morgan fingerprint density at radius 1 is 1.55 bits per heavy atom. The molecule has 1 aromatic rings. The molecule has 0 bridgehead atoms. The number of hydrogen-bond acceptors (Lipinski definition) is 5. The zero-order valence-electron chi connectivity index (χ0n) is 12.2. The Kier molecular flexibility index (Phi) is 4.85. The first kappa shape index (κ1) is 15.5. The second-order valence-electron chi connectivity index (χ2n) is 5.03. The van der Waals surface area contributed by atoms with Crippen LogP contribution in [0.5, 0.6) is 0 Å². The first-order valence-electron chi connectivity index (χ1n) is 6.76. The van der Waals surface area contributed by atoms with Crippen molar-refractivity contribution < 1.29 is 17.6 Å². The minimum atomic E-state index is -3.50. The monoisotopic (exact) mass is 302 g/mol. The summed E-state index contributed by atoms with van der Waals surface area (Å²) in [5.41, 5.74) is 0. The van der Waals surface area contributed by atoms with Crippen LogP contribution in [-0.4, -0.2) is 46.1 Å². The fourth-order valence-corrected chi connectivity index (χ4v) is 4.19. The van der Waals surface area contributed by atoms with E-state index >= 15 is 0 Å². The Bertz CT molecular complexity index is 553. The van der Waals surface area contributed by atoms with E-state index in [0.717, 1.165) is 12.8 Å². The van der Waals surface area contributed by atoms with Gasteiger partial charge in [-0.15, -0.1) is 0 Å². The highest BCUT2D eigenvalue weighted by Crippen LogP contribution is 2.26. The maximum Gasteiger partial charge on any atom is 0.246 e. The van der Waals surface area contributed by atoms with Crippen LogP contribution in [-0.2, 0) is 21.3 Å². The molecule has 1 N–H and O–H groups in total. The van der Waals surface area contributed by atoms with Gasteiger partial charge in [-0.2, -0.15) is 4.31 Å². The van der Waals surface area contributed by atoms with Crippen molar-refractivity contribution in [3.8, 4) is 0 Å². The number of ether oxygens (including phenoxy) is 1. The first-order valence-corrected chi connectivity index (χ1v) is 8.20. The van der Waals surface area contributed by atoms with Gasteiger partial charge in [-0.3, -0.25) is 0 Å². The first-order chi connectivity index (χ1) is 9.48. The number of nitrogens with one attached hydrogen (secondary N) is 1. The van der Waals surface area contributed by atoms with Crippen LogP contribution < -0.4 is 5.32 Å². The summed E-state index contributed by atoms with van der Waals surface area (Å²) >= 11 is 0. The molecule has 1 saturated heterocycles. The highest BCUT2D eigenvalue weighted by molar-refractivity contribution is 7.89. The van der Waals surface area contributed by atoms with E-state index in [1.54, 1.807) is 27.1 Å². The zero-order valence-corrected chi connectivity index (χ0v) is 13.0. The largest absolute Gasteiger partial charge is 0.464 e. The van der Waals surface area contributed by atoms with E-state index in [9.17, 15) is 8.42 Å². The summed E-state index contributed by atoms with van der Waals surface area (Å²) in [6, 6.07) is 1.61. The van der Waals surface area contributed by atoms with Crippen molar-refractivity contribution in [2.45, 2.75) is 37.3 Å². The Balaban J connectivity index is 2.25. The summed E-state index contributed by atoms with van der Waals surface area (Å²) in [6.45, 7) is 3.14. The van der Waals surface area contributed by atoms with Crippen LogP contribution in [0.25, 0.3) is 0 Å². The second kappa shape index (κ2) is 6.26. The van der Waals surface area contributed by atoms with E-state index in [1.165, 1.54) is 4.31 Å².